The lowest BCUT2D eigenvalue weighted by Gasteiger charge is -2.18. The highest BCUT2D eigenvalue weighted by Crippen LogP contribution is 2.30. The summed E-state index contributed by atoms with van der Waals surface area (Å²) in [4.78, 5) is 2.48. The number of nitrogens with one attached hydrogen (secondary N) is 1. The van der Waals surface area contributed by atoms with Crippen molar-refractivity contribution >= 4 is 11.8 Å². The Balaban J connectivity index is 1.71. The zero-order chi connectivity index (χ0) is 11.5. The first-order valence-electron chi connectivity index (χ1n) is 6.77. The Kier molecular flexibility index (Phi) is 4.57. The molecule has 0 spiro atoms. The summed E-state index contributed by atoms with van der Waals surface area (Å²) in [6, 6.07) is 2.31. The Hall–Kier alpha value is 0.270. The Morgan fingerprint density at radius 1 is 1.25 bits per heavy atom. The standard InChI is InChI=1S/C13H26N2S/c1-4-16-13-6-5-11(8-13)14-12-7-10(2)15(3)9-12/h10-14H,4-9H2,1-3H3. The summed E-state index contributed by atoms with van der Waals surface area (Å²) in [6.07, 6.45) is 5.55. The summed E-state index contributed by atoms with van der Waals surface area (Å²) in [5.41, 5.74) is 0. The van der Waals surface area contributed by atoms with Crippen molar-refractivity contribution in [3.05, 3.63) is 0 Å². The van der Waals surface area contributed by atoms with Gasteiger partial charge in [-0.3, -0.25) is 0 Å². The minimum atomic E-state index is 0.746. The number of rotatable bonds is 4. The lowest BCUT2D eigenvalue weighted by molar-refractivity contribution is 0.324. The van der Waals surface area contributed by atoms with Crippen molar-refractivity contribution in [1.29, 1.82) is 0 Å². The summed E-state index contributed by atoms with van der Waals surface area (Å²) in [5.74, 6) is 1.28. The average Bonchev–Trinajstić information content (AvgIpc) is 2.77. The lowest BCUT2D eigenvalue weighted by atomic mass is 10.1. The van der Waals surface area contributed by atoms with Crippen LogP contribution in [0.2, 0.25) is 0 Å². The molecule has 2 fully saturated rings. The van der Waals surface area contributed by atoms with Crippen LogP contribution < -0.4 is 5.32 Å². The van der Waals surface area contributed by atoms with Gasteiger partial charge < -0.3 is 10.2 Å². The van der Waals surface area contributed by atoms with E-state index in [0.717, 1.165) is 23.4 Å². The zero-order valence-corrected chi connectivity index (χ0v) is 11.7. The monoisotopic (exact) mass is 242 g/mol. The van der Waals surface area contributed by atoms with Gasteiger partial charge in [-0.1, -0.05) is 6.92 Å². The van der Waals surface area contributed by atoms with Crippen molar-refractivity contribution in [2.45, 2.75) is 62.9 Å². The summed E-state index contributed by atoms with van der Waals surface area (Å²) in [5, 5.41) is 4.80. The third kappa shape index (κ3) is 3.14. The summed E-state index contributed by atoms with van der Waals surface area (Å²) in [7, 11) is 2.25. The van der Waals surface area contributed by atoms with Gasteiger partial charge in [0.2, 0.25) is 0 Å². The van der Waals surface area contributed by atoms with Gasteiger partial charge in [-0.05, 0) is 45.4 Å². The van der Waals surface area contributed by atoms with E-state index in [1.54, 1.807) is 0 Å². The molecule has 2 aliphatic rings. The summed E-state index contributed by atoms with van der Waals surface area (Å²) < 4.78 is 0. The molecular weight excluding hydrogens is 216 g/mol. The van der Waals surface area contributed by atoms with E-state index in [1.165, 1.54) is 38.0 Å². The largest absolute Gasteiger partial charge is 0.310 e. The molecular formula is C13H26N2S. The maximum absolute atomic E-state index is 3.87. The molecule has 1 aliphatic heterocycles. The fraction of sp³-hybridized carbons (Fsp3) is 1.00. The fourth-order valence-electron chi connectivity index (χ4n) is 3.13. The first-order valence-corrected chi connectivity index (χ1v) is 7.81. The Bertz CT molecular complexity index is 212. The Labute approximate surface area is 105 Å². The number of likely N-dealkylation sites (tertiary alicyclic amines) is 1. The maximum atomic E-state index is 3.87. The van der Waals surface area contributed by atoms with Gasteiger partial charge in [0.1, 0.15) is 0 Å². The molecule has 0 amide bonds. The zero-order valence-electron chi connectivity index (χ0n) is 10.9. The number of hydrogen-bond acceptors (Lipinski definition) is 3. The molecule has 0 aromatic rings. The quantitative estimate of drug-likeness (QED) is 0.814. The van der Waals surface area contributed by atoms with Crippen LogP contribution >= 0.6 is 11.8 Å². The Morgan fingerprint density at radius 2 is 2.06 bits per heavy atom. The number of hydrogen-bond donors (Lipinski definition) is 1. The van der Waals surface area contributed by atoms with Crippen molar-refractivity contribution in [3.63, 3.8) is 0 Å². The molecule has 0 aromatic heterocycles. The molecule has 1 saturated carbocycles. The summed E-state index contributed by atoms with van der Waals surface area (Å²) >= 11 is 2.15. The van der Waals surface area contributed by atoms with Crippen molar-refractivity contribution < 1.29 is 0 Å². The van der Waals surface area contributed by atoms with Crippen LogP contribution in [0, 0.1) is 0 Å². The van der Waals surface area contributed by atoms with E-state index < -0.39 is 0 Å². The van der Waals surface area contributed by atoms with Crippen molar-refractivity contribution in [2.24, 2.45) is 0 Å². The topological polar surface area (TPSA) is 15.3 Å². The van der Waals surface area contributed by atoms with Crippen molar-refractivity contribution in [2.75, 3.05) is 19.3 Å². The molecule has 1 saturated heterocycles. The van der Waals surface area contributed by atoms with E-state index >= 15 is 0 Å². The molecule has 2 nitrogen and oxygen atoms in total. The van der Waals surface area contributed by atoms with Gasteiger partial charge in [0.15, 0.2) is 0 Å². The van der Waals surface area contributed by atoms with E-state index in [4.69, 9.17) is 0 Å². The van der Waals surface area contributed by atoms with Crippen LogP contribution in [-0.2, 0) is 0 Å². The molecule has 1 heterocycles. The molecule has 0 aromatic carbocycles. The molecule has 0 bridgehead atoms. The van der Waals surface area contributed by atoms with E-state index in [-0.39, 0.29) is 0 Å². The van der Waals surface area contributed by atoms with Crippen LogP contribution in [0.1, 0.15) is 39.5 Å². The minimum absolute atomic E-state index is 0.746. The highest BCUT2D eigenvalue weighted by Gasteiger charge is 2.31. The van der Waals surface area contributed by atoms with Gasteiger partial charge in [0.25, 0.3) is 0 Å². The van der Waals surface area contributed by atoms with Crippen LogP contribution in [0.5, 0.6) is 0 Å². The lowest BCUT2D eigenvalue weighted by Crippen LogP contribution is -2.38. The van der Waals surface area contributed by atoms with Gasteiger partial charge in [-0.15, -0.1) is 0 Å². The number of likely N-dealkylation sites (N-methyl/N-ethyl adjacent to an activating group) is 1. The van der Waals surface area contributed by atoms with Crippen molar-refractivity contribution in [3.8, 4) is 0 Å². The number of thioether (sulfide) groups is 1. The number of nitrogens with zero attached hydrogens (tertiary/aromatic N) is 1. The third-order valence-corrected chi connectivity index (χ3v) is 5.38. The van der Waals surface area contributed by atoms with Crippen LogP contribution in [0.25, 0.3) is 0 Å². The second-order valence-electron chi connectivity index (χ2n) is 5.48. The van der Waals surface area contributed by atoms with Crippen LogP contribution in [-0.4, -0.2) is 47.6 Å². The highest BCUT2D eigenvalue weighted by atomic mass is 32.2. The first kappa shape index (κ1) is 12.7. The second kappa shape index (κ2) is 5.74. The molecule has 4 unspecified atom stereocenters. The van der Waals surface area contributed by atoms with E-state index in [0.29, 0.717) is 0 Å². The molecule has 94 valence electrons. The Morgan fingerprint density at radius 3 is 2.69 bits per heavy atom. The molecule has 1 N–H and O–H groups in total. The van der Waals surface area contributed by atoms with Gasteiger partial charge >= 0.3 is 0 Å². The van der Waals surface area contributed by atoms with Crippen LogP contribution in [0.15, 0.2) is 0 Å². The van der Waals surface area contributed by atoms with Crippen molar-refractivity contribution in [1.82, 2.24) is 10.2 Å². The molecule has 0 radical (unpaired) electrons. The van der Waals surface area contributed by atoms with E-state index in [1.807, 2.05) is 0 Å². The predicted molar refractivity (Wildman–Crippen MR) is 73.2 cm³/mol. The first-order chi connectivity index (χ1) is 7.69. The maximum Gasteiger partial charge on any atom is 0.0212 e. The minimum Gasteiger partial charge on any atom is -0.310 e. The molecule has 2 rings (SSSR count). The second-order valence-corrected chi connectivity index (χ2v) is 7.05. The van der Waals surface area contributed by atoms with Gasteiger partial charge in [0.05, 0.1) is 0 Å². The van der Waals surface area contributed by atoms with Gasteiger partial charge in [-0.2, -0.15) is 11.8 Å². The van der Waals surface area contributed by atoms with Crippen LogP contribution in [0.3, 0.4) is 0 Å². The summed E-state index contributed by atoms with van der Waals surface area (Å²) in [6.45, 7) is 5.86. The molecule has 4 atom stereocenters. The van der Waals surface area contributed by atoms with E-state index in [2.05, 4.69) is 42.9 Å². The molecule has 16 heavy (non-hydrogen) atoms. The van der Waals surface area contributed by atoms with E-state index in [9.17, 15) is 0 Å². The predicted octanol–water partition coefficient (Wildman–Crippen LogP) is 2.34. The fourth-order valence-corrected chi connectivity index (χ4v) is 4.27. The molecule has 1 aliphatic carbocycles. The van der Waals surface area contributed by atoms with Crippen LogP contribution in [0.4, 0.5) is 0 Å². The smallest absolute Gasteiger partial charge is 0.0212 e. The third-order valence-electron chi connectivity index (χ3n) is 4.14. The average molecular weight is 242 g/mol. The SMILES string of the molecule is CCSC1CCC(NC2CC(C)N(C)C2)C1. The normalized spacial score (nSPS) is 40.7. The highest BCUT2D eigenvalue weighted by molar-refractivity contribution is 7.99. The van der Waals surface area contributed by atoms with Gasteiger partial charge in [0, 0.05) is 29.9 Å². The molecule has 3 heteroatoms. The van der Waals surface area contributed by atoms with Gasteiger partial charge in [-0.25, -0.2) is 0 Å².